The minimum Gasteiger partial charge on any atom is -0.150 e. The first-order chi connectivity index (χ1) is 3.81. The molecule has 0 saturated heterocycles. The number of nitrogens with zero attached hydrogens (tertiary/aromatic N) is 1. The SMILES string of the molecule is CC(C)(Br)C(C)(C)N=O. The van der Waals surface area contributed by atoms with Gasteiger partial charge in [0.2, 0.25) is 0 Å². The fourth-order valence-corrected chi connectivity index (χ4v) is 0.181. The van der Waals surface area contributed by atoms with Crippen LogP contribution in [-0.2, 0) is 0 Å². The van der Waals surface area contributed by atoms with Crippen LogP contribution in [0.4, 0.5) is 0 Å². The molecule has 0 atom stereocenters. The Morgan fingerprint density at radius 3 is 1.56 bits per heavy atom. The van der Waals surface area contributed by atoms with E-state index in [2.05, 4.69) is 21.1 Å². The maximum absolute atomic E-state index is 10.2. The molecule has 0 heterocycles. The molecule has 0 aliphatic heterocycles. The molecule has 0 aliphatic rings. The maximum Gasteiger partial charge on any atom is 0.112 e. The Bertz CT molecular complexity index is 115. The second kappa shape index (κ2) is 2.37. The topological polar surface area (TPSA) is 29.4 Å². The van der Waals surface area contributed by atoms with Gasteiger partial charge in [0, 0.05) is 4.32 Å². The Morgan fingerprint density at radius 2 is 1.56 bits per heavy atom. The van der Waals surface area contributed by atoms with Crippen molar-refractivity contribution in [2.24, 2.45) is 5.18 Å². The van der Waals surface area contributed by atoms with Crippen LogP contribution < -0.4 is 0 Å². The Kier molecular flexibility index (Phi) is 2.39. The molecule has 0 fully saturated rings. The van der Waals surface area contributed by atoms with Crippen molar-refractivity contribution >= 4 is 15.9 Å². The normalized spacial score (nSPS) is 13.4. The van der Waals surface area contributed by atoms with Gasteiger partial charge in [-0.15, -0.1) is 0 Å². The molecule has 0 N–H and O–H groups in total. The van der Waals surface area contributed by atoms with Crippen molar-refractivity contribution < 1.29 is 0 Å². The van der Waals surface area contributed by atoms with Crippen LogP contribution in [0.3, 0.4) is 0 Å². The van der Waals surface area contributed by atoms with Crippen molar-refractivity contribution in [2.75, 3.05) is 0 Å². The predicted molar refractivity (Wildman–Crippen MR) is 42.9 cm³/mol. The zero-order chi connectivity index (χ0) is 7.71. The van der Waals surface area contributed by atoms with Crippen molar-refractivity contribution in [1.29, 1.82) is 0 Å². The lowest BCUT2D eigenvalue weighted by Crippen LogP contribution is -2.37. The molecule has 0 aliphatic carbocycles. The van der Waals surface area contributed by atoms with Crippen LogP contribution in [0.1, 0.15) is 27.7 Å². The van der Waals surface area contributed by atoms with E-state index in [0.717, 1.165) is 0 Å². The van der Waals surface area contributed by atoms with Gasteiger partial charge in [-0.1, -0.05) is 21.1 Å². The van der Waals surface area contributed by atoms with Gasteiger partial charge in [-0.05, 0) is 27.7 Å². The molecule has 0 rings (SSSR count). The van der Waals surface area contributed by atoms with E-state index in [4.69, 9.17) is 0 Å². The fourth-order valence-electron chi connectivity index (χ4n) is 0.109. The van der Waals surface area contributed by atoms with Crippen LogP contribution in [0, 0.1) is 4.91 Å². The highest BCUT2D eigenvalue weighted by Gasteiger charge is 2.35. The summed E-state index contributed by atoms with van der Waals surface area (Å²) in [6, 6.07) is 0. The molecule has 3 heteroatoms. The first kappa shape index (κ1) is 9.08. The second-order valence-electron chi connectivity index (χ2n) is 3.12. The van der Waals surface area contributed by atoms with Gasteiger partial charge in [0.15, 0.2) is 0 Å². The molecule has 9 heavy (non-hydrogen) atoms. The number of alkyl halides is 1. The average molecular weight is 194 g/mol. The van der Waals surface area contributed by atoms with Gasteiger partial charge < -0.3 is 0 Å². The Balaban J connectivity index is 4.32. The molecule has 0 aromatic rings. The predicted octanol–water partition coefficient (Wildman–Crippen LogP) is 2.70. The molecule has 0 aromatic heterocycles. The van der Waals surface area contributed by atoms with Crippen molar-refractivity contribution in [3.63, 3.8) is 0 Å². The van der Waals surface area contributed by atoms with E-state index >= 15 is 0 Å². The summed E-state index contributed by atoms with van der Waals surface area (Å²) in [5.41, 5.74) is -0.535. The van der Waals surface area contributed by atoms with Gasteiger partial charge >= 0.3 is 0 Å². The van der Waals surface area contributed by atoms with Gasteiger partial charge in [0.25, 0.3) is 0 Å². The van der Waals surface area contributed by atoms with Gasteiger partial charge in [0.05, 0.1) is 0 Å². The minimum absolute atomic E-state index is 0.220. The van der Waals surface area contributed by atoms with Crippen molar-refractivity contribution in [1.82, 2.24) is 0 Å². The average Bonchev–Trinajstić information content (AvgIpc) is 1.64. The molecule has 0 amide bonds. The summed E-state index contributed by atoms with van der Waals surface area (Å²) in [6.45, 7) is 7.45. The molecule has 0 radical (unpaired) electrons. The third-order valence-corrected chi connectivity index (χ3v) is 2.65. The number of halogens is 1. The largest absolute Gasteiger partial charge is 0.150 e. The smallest absolute Gasteiger partial charge is 0.112 e. The van der Waals surface area contributed by atoms with E-state index in [1.807, 2.05) is 13.8 Å². The lowest BCUT2D eigenvalue weighted by atomic mass is 9.92. The Hall–Kier alpha value is 0.0800. The first-order valence-corrected chi connectivity index (χ1v) is 3.64. The van der Waals surface area contributed by atoms with Gasteiger partial charge in [-0.2, -0.15) is 4.91 Å². The van der Waals surface area contributed by atoms with E-state index in [9.17, 15) is 4.91 Å². The zero-order valence-corrected chi connectivity index (χ0v) is 7.82. The van der Waals surface area contributed by atoms with Gasteiger partial charge in [-0.25, -0.2) is 0 Å². The maximum atomic E-state index is 10.2. The number of rotatable bonds is 2. The van der Waals surface area contributed by atoms with Crippen molar-refractivity contribution in [2.45, 2.75) is 37.6 Å². The number of hydrogen-bond acceptors (Lipinski definition) is 2. The summed E-state index contributed by atoms with van der Waals surface area (Å²) in [5.74, 6) is 0. The summed E-state index contributed by atoms with van der Waals surface area (Å²) in [5, 5.41) is 2.99. The molecule has 0 aromatic carbocycles. The third-order valence-electron chi connectivity index (χ3n) is 1.68. The quantitative estimate of drug-likeness (QED) is 0.490. The molecular formula is C6H12BrNO. The van der Waals surface area contributed by atoms with Crippen LogP contribution in [0.2, 0.25) is 0 Å². The number of nitroso groups, excluding NO2 is 1. The van der Waals surface area contributed by atoms with Gasteiger partial charge in [0.1, 0.15) is 5.54 Å². The van der Waals surface area contributed by atoms with Crippen LogP contribution in [0.25, 0.3) is 0 Å². The molecule has 0 bridgehead atoms. The highest BCUT2D eigenvalue weighted by molar-refractivity contribution is 9.10. The summed E-state index contributed by atoms with van der Waals surface area (Å²) in [7, 11) is 0. The van der Waals surface area contributed by atoms with E-state index in [0.29, 0.717) is 0 Å². The van der Waals surface area contributed by atoms with Crippen LogP contribution >= 0.6 is 15.9 Å². The monoisotopic (exact) mass is 193 g/mol. The van der Waals surface area contributed by atoms with E-state index in [1.165, 1.54) is 0 Å². The summed E-state index contributed by atoms with van der Waals surface area (Å²) < 4.78 is -0.220. The molecule has 54 valence electrons. The molecule has 0 unspecified atom stereocenters. The lowest BCUT2D eigenvalue weighted by molar-refractivity contribution is 0.420. The zero-order valence-electron chi connectivity index (χ0n) is 6.23. The molecular weight excluding hydrogens is 182 g/mol. The van der Waals surface area contributed by atoms with Crippen molar-refractivity contribution in [3.05, 3.63) is 4.91 Å². The highest BCUT2D eigenvalue weighted by atomic mass is 79.9. The molecule has 0 saturated carbocycles. The summed E-state index contributed by atoms with van der Waals surface area (Å²) in [6.07, 6.45) is 0. The standard InChI is InChI=1S/C6H12BrNO/c1-5(2,7)6(3,4)8-9/h1-4H3. The second-order valence-corrected chi connectivity index (χ2v) is 5.11. The summed E-state index contributed by atoms with van der Waals surface area (Å²) in [4.78, 5) is 10.2. The third kappa shape index (κ3) is 2.05. The Labute approximate surface area is 64.1 Å². The highest BCUT2D eigenvalue weighted by Crippen LogP contribution is 2.32. The van der Waals surface area contributed by atoms with E-state index < -0.39 is 5.54 Å². The van der Waals surface area contributed by atoms with Crippen molar-refractivity contribution in [3.8, 4) is 0 Å². The van der Waals surface area contributed by atoms with Crippen LogP contribution in [-0.4, -0.2) is 9.86 Å². The van der Waals surface area contributed by atoms with E-state index in [-0.39, 0.29) is 4.32 Å². The number of hydrogen-bond donors (Lipinski definition) is 0. The van der Waals surface area contributed by atoms with Gasteiger partial charge in [-0.3, -0.25) is 0 Å². The lowest BCUT2D eigenvalue weighted by Gasteiger charge is -2.29. The molecule has 0 spiro atoms. The fraction of sp³-hybridized carbons (Fsp3) is 1.00. The minimum atomic E-state index is -0.535. The van der Waals surface area contributed by atoms with Crippen LogP contribution in [0.15, 0.2) is 5.18 Å². The molecule has 2 nitrogen and oxygen atoms in total. The summed E-state index contributed by atoms with van der Waals surface area (Å²) >= 11 is 3.37. The van der Waals surface area contributed by atoms with E-state index in [1.54, 1.807) is 13.8 Å². The first-order valence-electron chi connectivity index (χ1n) is 2.85. The Morgan fingerprint density at radius 1 is 1.22 bits per heavy atom. The van der Waals surface area contributed by atoms with Crippen LogP contribution in [0.5, 0.6) is 0 Å².